The third-order valence-corrected chi connectivity index (χ3v) is 4.49. The molecule has 1 saturated heterocycles. The van der Waals surface area contributed by atoms with Crippen LogP contribution >= 0.6 is 0 Å². The molecule has 0 aliphatic carbocycles. The molecule has 3 heteroatoms. The second kappa shape index (κ2) is 5.30. The van der Waals surface area contributed by atoms with Crippen LogP contribution in [0.3, 0.4) is 0 Å². The molecule has 2 aromatic rings. The summed E-state index contributed by atoms with van der Waals surface area (Å²) in [7, 11) is 0. The molecule has 2 heterocycles. The van der Waals surface area contributed by atoms with Gasteiger partial charge in [0, 0.05) is 53.5 Å². The molecular weight excluding hydrogens is 258 g/mol. The Bertz CT molecular complexity index is 628. The van der Waals surface area contributed by atoms with Crippen molar-refractivity contribution < 1.29 is 0 Å². The average molecular weight is 283 g/mol. The van der Waals surface area contributed by atoms with Crippen LogP contribution in [-0.2, 0) is 0 Å². The lowest BCUT2D eigenvalue weighted by atomic mass is 9.92. The van der Waals surface area contributed by atoms with E-state index in [-0.39, 0.29) is 5.54 Å². The van der Waals surface area contributed by atoms with Crippen molar-refractivity contribution in [2.75, 3.05) is 18.0 Å². The van der Waals surface area contributed by atoms with Crippen molar-refractivity contribution in [2.24, 2.45) is 5.92 Å². The molecule has 0 radical (unpaired) electrons. The van der Waals surface area contributed by atoms with Gasteiger partial charge in [0.15, 0.2) is 0 Å². The number of rotatable bonds is 2. The predicted molar refractivity (Wildman–Crippen MR) is 89.8 cm³/mol. The van der Waals surface area contributed by atoms with E-state index in [1.807, 2.05) is 12.4 Å². The van der Waals surface area contributed by atoms with Crippen LogP contribution in [0.1, 0.15) is 27.7 Å². The van der Waals surface area contributed by atoms with E-state index in [1.165, 1.54) is 16.5 Å². The smallest absolute Gasteiger partial charge is 0.0450 e. The third kappa shape index (κ3) is 2.75. The van der Waals surface area contributed by atoms with Gasteiger partial charge in [-0.15, -0.1) is 0 Å². The molecule has 1 fully saturated rings. The van der Waals surface area contributed by atoms with Crippen LogP contribution < -0.4 is 10.2 Å². The number of anilines is 1. The van der Waals surface area contributed by atoms with Gasteiger partial charge in [-0.05, 0) is 31.9 Å². The third-order valence-electron chi connectivity index (χ3n) is 4.49. The SMILES string of the molecule is CC(C)C1CNC(C)(C)CN1c1cccc2cnccc12. The van der Waals surface area contributed by atoms with Crippen LogP contribution in [0.15, 0.2) is 36.7 Å². The molecule has 1 aromatic carbocycles. The molecule has 3 nitrogen and oxygen atoms in total. The summed E-state index contributed by atoms with van der Waals surface area (Å²) in [5.41, 5.74) is 1.48. The average Bonchev–Trinajstić information content (AvgIpc) is 2.45. The molecule has 1 atom stereocenters. The zero-order valence-electron chi connectivity index (χ0n) is 13.4. The van der Waals surface area contributed by atoms with E-state index in [1.54, 1.807) is 0 Å². The van der Waals surface area contributed by atoms with E-state index >= 15 is 0 Å². The molecule has 1 aliphatic heterocycles. The van der Waals surface area contributed by atoms with Gasteiger partial charge in [0.05, 0.1) is 0 Å². The van der Waals surface area contributed by atoms with Crippen molar-refractivity contribution in [3.05, 3.63) is 36.7 Å². The summed E-state index contributed by atoms with van der Waals surface area (Å²) in [4.78, 5) is 6.84. The van der Waals surface area contributed by atoms with E-state index in [0.717, 1.165) is 13.1 Å². The van der Waals surface area contributed by atoms with E-state index in [2.05, 4.69) is 67.2 Å². The number of fused-ring (bicyclic) bond motifs is 1. The van der Waals surface area contributed by atoms with Gasteiger partial charge in [-0.25, -0.2) is 0 Å². The van der Waals surface area contributed by atoms with Gasteiger partial charge in [0.2, 0.25) is 0 Å². The number of nitrogens with zero attached hydrogens (tertiary/aromatic N) is 2. The highest BCUT2D eigenvalue weighted by Crippen LogP contribution is 2.32. The Kier molecular flexibility index (Phi) is 3.62. The first-order chi connectivity index (χ1) is 9.98. The van der Waals surface area contributed by atoms with Gasteiger partial charge in [0.1, 0.15) is 0 Å². The summed E-state index contributed by atoms with van der Waals surface area (Å²) >= 11 is 0. The lowest BCUT2D eigenvalue weighted by Crippen LogP contribution is -2.63. The monoisotopic (exact) mass is 283 g/mol. The number of piperazine rings is 1. The van der Waals surface area contributed by atoms with Crippen LogP contribution in [0.5, 0.6) is 0 Å². The molecule has 3 rings (SSSR count). The first-order valence-electron chi connectivity index (χ1n) is 7.82. The molecular formula is C18H25N3. The highest BCUT2D eigenvalue weighted by Gasteiger charge is 2.34. The molecule has 0 saturated carbocycles. The van der Waals surface area contributed by atoms with Crippen molar-refractivity contribution in [1.29, 1.82) is 0 Å². The Morgan fingerprint density at radius 1 is 1.29 bits per heavy atom. The Labute approximate surface area is 127 Å². The Balaban J connectivity index is 2.09. The summed E-state index contributed by atoms with van der Waals surface area (Å²) in [5.74, 6) is 0.616. The van der Waals surface area contributed by atoms with Gasteiger partial charge in [-0.2, -0.15) is 0 Å². The lowest BCUT2D eigenvalue weighted by Gasteiger charge is -2.48. The van der Waals surface area contributed by atoms with Crippen LogP contribution in [0.4, 0.5) is 5.69 Å². The van der Waals surface area contributed by atoms with E-state index in [9.17, 15) is 0 Å². The number of hydrogen-bond donors (Lipinski definition) is 1. The number of nitrogens with one attached hydrogen (secondary N) is 1. The Hall–Kier alpha value is -1.61. The molecule has 0 bridgehead atoms. The van der Waals surface area contributed by atoms with Crippen LogP contribution in [-0.4, -0.2) is 29.7 Å². The van der Waals surface area contributed by atoms with Gasteiger partial charge in [-0.1, -0.05) is 26.0 Å². The summed E-state index contributed by atoms with van der Waals surface area (Å²) in [6, 6.07) is 9.20. The highest BCUT2D eigenvalue weighted by molar-refractivity contribution is 5.93. The second-order valence-corrected chi connectivity index (χ2v) is 7.08. The summed E-state index contributed by atoms with van der Waals surface area (Å²) in [5, 5.41) is 6.20. The molecule has 1 N–H and O–H groups in total. The fraction of sp³-hybridized carbons (Fsp3) is 0.500. The Morgan fingerprint density at radius 3 is 2.86 bits per heavy atom. The summed E-state index contributed by atoms with van der Waals surface area (Å²) in [6.45, 7) is 11.2. The van der Waals surface area contributed by atoms with E-state index in [4.69, 9.17) is 0 Å². The van der Waals surface area contributed by atoms with Crippen molar-refractivity contribution in [1.82, 2.24) is 10.3 Å². The maximum Gasteiger partial charge on any atom is 0.0450 e. The minimum absolute atomic E-state index is 0.139. The molecule has 0 amide bonds. The van der Waals surface area contributed by atoms with Gasteiger partial charge in [0.25, 0.3) is 0 Å². The predicted octanol–water partition coefficient (Wildman–Crippen LogP) is 3.45. The fourth-order valence-corrected chi connectivity index (χ4v) is 3.31. The molecule has 0 spiro atoms. The van der Waals surface area contributed by atoms with Crippen molar-refractivity contribution >= 4 is 16.5 Å². The van der Waals surface area contributed by atoms with Crippen LogP contribution in [0.25, 0.3) is 10.8 Å². The minimum Gasteiger partial charge on any atom is -0.365 e. The first-order valence-corrected chi connectivity index (χ1v) is 7.82. The van der Waals surface area contributed by atoms with Crippen molar-refractivity contribution in [2.45, 2.75) is 39.3 Å². The number of benzene rings is 1. The molecule has 1 aliphatic rings. The Morgan fingerprint density at radius 2 is 2.10 bits per heavy atom. The molecule has 1 aromatic heterocycles. The van der Waals surface area contributed by atoms with Crippen molar-refractivity contribution in [3.8, 4) is 0 Å². The summed E-state index contributed by atoms with van der Waals surface area (Å²) in [6.07, 6.45) is 3.85. The number of hydrogen-bond acceptors (Lipinski definition) is 3. The molecule has 1 unspecified atom stereocenters. The highest BCUT2D eigenvalue weighted by atomic mass is 15.3. The minimum atomic E-state index is 0.139. The van der Waals surface area contributed by atoms with Crippen LogP contribution in [0.2, 0.25) is 0 Å². The lowest BCUT2D eigenvalue weighted by molar-refractivity contribution is 0.277. The zero-order valence-corrected chi connectivity index (χ0v) is 13.4. The van der Waals surface area contributed by atoms with Gasteiger partial charge in [-0.3, -0.25) is 4.98 Å². The maximum atomic E-state index is 4.25. The fourth-order valence-electron chi connectivity index (χ4n) is 3.31. The standard InChI is InChI=1S/C18H25N3/c1-13(2)17-11-20-18(3,4)12-21(17)16-7-5-6-14-10-19-9-8-15(14)16/h5-10,13,17,20H,11-12H2,1-4H3. The maximum absolute atomic E-state index is 4.25. The van der Waals surface area contributed by atoms with E-state index < -0.39 is 0 Å². The topological polar surface area (TPSA) is 28.2 Å². The quantitative estimate of drug-likeness (QED) is 0.915. The number of aromatic nitrogens is 1. The first kappa shape index (κ1) is 14.3. The second-order valence-electron chi connectivity index (χ2n) is 7.08. The van der Waals surface area contributed by atoms with Gasteiger partial charge < -0.3 is 10.2 Å². The normalized spacial score (nSPS) is 22.0. The largest absolute Gasteiger partial charge is 0.365 e. The van der Waals surface area contributed by atoms with Crippen molar-refractivity contribution in [3.63, 3.8) is 0 Å². The van der Waals surface area contributed by atoms with Gasteiger partial charge >= 0.3 is 0 Å². The zero-order chi connectivity index (χ0) is 15.0. The molecule has 21 heavy (non-hydrogen) atoms. The molecule has 112 valence electrons. The summed E-state index contributed by atoms with van der Waals surface area (Å²) < 4.78 is 0. The van der Waals surface area contributed by atoms with E-state index in [0.29, 0.717) is 12.0 Å². The van der Waals surface area contributed by atoms with Crippen LogP contribution in [0, 0.1) is 5.92 Å². The number of pyridine rings is 1.